The average molecular weight is 522 g/mol. The molecule has 4 N–H and O–H groups in total. The Morgan fingerprint density at radius 3 is 2.56 bits per heavy atom. The fourth-order valence-electron chi connectivity index (χ4n) is 4.39. The third-order valence-electron chi connectivity index (χ3n) is 6.42. The highest BCUT2D eigenvalue weighted by molar-refractivity contribution is 6.00. The van der Waals surface area contributed by atoms with Gasteiger partial charge < -0.3 is 15.4 Å². The summed E-state index contributed by atoms with van der Waals surface area (Å²) in [6, 6.07) is 11.4. The monoisotopic (exact) mass is 521 g/mol. The van der Waals surface area contributed by atoms with Crippen LogP contribution in [0.2, 0.25) is 0 Å². The van der Waals surface area contributed by atoms with Gasteiger partial charge in [0.2, 0.25) is 5.91 Å². The normalized spacial score (nSPS) is 11.8. The van der Waals surface area contributed by atoms with Crippen LogP contribution in [0.3, 0.4) is 0 Å². The molecule has 39 heavy (non-hydrogen) atoms. The van der Waals surface area contributed by atoms with Crippen LogP contribution in [0.5, 0.6) is 5.75 Å². The molecule has 6 aromatic rings. The molecule has 0 radical (unpaired) electrons. The largest absolute Gasteiger partial charge is 0.508 e. The molecular weight excluding hydrogens is 497 g/mol. The zero-order chi connectivity index (χ0) is 27.3. The predicted octanol–water partition coefficient (Wildman–Crippen LogP) is 6.06. The van der Waals surface area contributed by atoms with Crippen LogP contribution in [0.25, 0.3) is 55.7 Å². The van der Waals surface area contributed by atoms with Crippen molar-refractivity contribution in [2.24, 2.45) is 5.41 Å². The Labute approximate surface area is 222 Å². The van der Waals surface area contributed by atoms with Gasteiger partial charge in [0.15, 0.2) is 5.65 Å². The van der Waals surface area contributed by atoms with E-state index in [0.717, 1.165) is 39.2 Å². The molecular formula is C29H24FN7O2. The molecule has 0 unspecified atom stereocenters. The molecule has 9 nitrogen and oxygen atoms in total. The highest BCUT2D eigenvalue weighted by atomic mass is 19.1. The Balaban J connectivity index is 1.41. The van der Waals surface area contributed by atoms with Gasteiger partial charge in [0, 0.05) is 52.0 Å². The number of phenolic OH excluding ortho intramolecular Hbond substituents is 1. The Hall–Kier alpha value is -5.12. The van der Waals surface area contributed by atoms with Crippen molar-refractivity contribution in [1.82, 2.24) is 30.1 Å². The van der Waals surface area contributed by atoms with Crippen molar-refractivity contribution in [3.63, 3.8) is 0 Å². The van der Waals surface area contributed by atoms with Crippen LogP contribution in [0.1, 0.15) is 20.8 Å². The van der Waals surface area contributed by atoms with Crippen molar-refractivity contribution in [1.29, 1.82) is 0 Å². The summed E-state index contributed by atoms with van der Waals surface area (Å²) < 4.78 is 14.0. The third-order valence-corrected chi connectivity index (χ3v) is 6.42. The number of nitrogens with one attached hydrogen (secondary N) is 3. The quantitative estimate of drug-likeness (QED) is 0.223. The molecule has 0 aliphatic carbocycles. The molecule has 0 saturated carbocycles. The first kappa shape index (κ1) is 24.2. The lowest BCUT2D eigenvalue weighted by Crippen LogP contribution is -2.27. The third kappa shape index (κ3) is 4.56. The number of nitrogens with zero attached hydrogens (tertiary/aromatic N) is 4. The van der Waals surface area contributed by atoms with E-state index >= 15 is 0 Å². The van der Waals surface area contributed by atoms with Crippen molar-refractivity contribution >= 4 is 33.7 Å². The molecule has 10 heteroatoms. The molecule has 0 aliphatic rings. The van der Waals surface area contributed by atoms with E-state index < -0.39 is 11.2 Å². The Kier molecular flexibility index (Phi) is 5.60. The number of aromatic nitrogens is 6. The van der Waals surface area contributed by atoms with Gasteiger partial charge in [0.05, 0.1) is 23.3 Å². The van der Waals surface area contributed by atoms with Crippen LogP contribution < -0.4 is 5.32 Å². The van der Waals surface area contributed by atoms with Crippen molar-refractivity contribution in [2.75, 3.05) is 5.32 Å². The van der Waals surface area contributed by atoms with Gasteiger partial charge in [-0.15, -0.1) is 0 Å². The smallest absolute Gasteiger partial charge is 0.229 e. The molecule has 5 heterocycles. The second kappa shape index (κ2) is 9.02. The molecule has 0 bridgehead atoms. The number of aromatic amines is 2. The fraction of sp³-hybridized carbons (Fsp3) is 0.138. The van der Waals surface area contributed by atoms with Crippen molar-refractivity contribution in [2.45, 2.75) is 20.8 Å². The van der Waals surface area contributed by atoms with Crippen molar-refractivity contribution < 1.29 is 14.3 Å². The van der Waals surface area contributed by atoms with Crippen LogP contribution >= 0.6 is 0 Å². The van der Waals surface area contributed by atoms with Crippen LogP contribution in [0.15, 0.2) is 67.3 Å². The Morgan fingerprint density at radius 2 is 1.77 bits per heavy atom. The number of pyridine rings is 3. The molecule has 5 aromatic heterocycles. The lowest BCUT2D eigenvalue weighted by Gasteiger charge is -2.17. The molecule has 1 amide bonds. The van der Waals surface area contributed by atoms with Gasteiger partial charge >= 0.3 is 0 Å². The summed E-state index contributed by atoms with van der Waals surface area (Å²) in [6.07, 6.45) is 6.66. The number of fused-ring (bicyclic) bond motifs is 2. The number of hydrogen-bond donors (Lipinski definition) is 4. The minimum absolute atomic E-state index is 0.104. The lowest BCUT2D eigenvalue weighted by atomic mass is 9.95. The maximum atomic E-state index is 14.0. The van der Waals surface area contributed by atoms with E-state index in [1.165, 1.54) is 12.1 Å². The van der Waals surface area contributed by atoms with Gasteiger partial charge in [-0.25, -0.2) is 14.4 Å². The number of amides is 1. The van der Waals surface area contributed by atoms with E-state index in [2.05, 4.69) is 35.5 Å². The van der Waals surface area contributed by atoms with E-state index in [9.17, 15) is 14.3 Å². The lowest BCUT2D eigenvalue weighted by molar-refractivity contribution is -0.123. The van der Waals surface area contributed by atoms with Gasteiger partial charge in [0.1, 0.15) is 17.2 Å². The number of carbonyl (C=O) groups is 1. The summed E-state index contributed by atoms with van der Waals surface area (Å²) in [5.74, 6) is -0.784. The molecule has 0 aliphatic heterocycles. The number of H-pyrrole nitrogens is 2. The van der Waals surface area contributed by atoms with Gasteiger partial charge in [-0.2, -0.15) is 5.10 Å². The first-order chi connectivity index (χ1) is 18.7. The molecule has 0 saturated heterocycles. The number of anilines is 1. The number of hydrogen-bond acceptors (Lipinski definition) is 6. The minimum atomic E-state index is -0.536. The maximum Gasteiger partial charge on any atom is 0.229 e. The molecule has 0 atom stereocenters. The first-order valence-electron chi connectivity index (χ1n) is 12.2. The summed E-state index contributed by atoms with van der Waals surface area (Å²) >= 11 is 0. The van der Waals surface area contributed by atoms with Gasteiger partial charge in [-0.1, -0.05) is 20.8 Å². The Morgan fingerprint density at radius 1 is 0.949 bits per heavy atom. The van der Waals surface area contributed by atoms with E-state index in [0.29, 0.717) is 28.2 Å². The second-order valence-corrected chi connectivity index (χ2v) is 10.4. The molecule has 6 rings (SSSR count). The maximum absolute atomic E-state index is 14.0. The van der Waals surface area contributed by atoms with E-state index in [1.807, 2.05) is 39.0 Å². The number of aromatic hydroxyl groups is 1. The summed E-state index contributed by atoms with van der Waals surface area (Å²) in [6.45, 7) is 5.55. The fourth-order valence-corrected chi connectivity index (χ4v) is 4.39. The van der Waals surface area contributed by atoms with E-state index in [-0.39, 0.29) is 11.7 Å². The van der Waals surface area contributed by atoms with Crippen LogP contribution in [-0.4, -0.2) is 41.1 Å². The van der Waals surface area contributed by atoms with Gasteiger partial charge in [0.25, 0.3) is 0 Å². The standard InChI is InChI=1S/C29H24FN7O2/c1-29(2,3)28(39)34-19-7-16(12-31-14-19)17-9-23-25(36-37-27(23)33-13-17)24-11-22-21(4-5-32-26(22)35-24)15-6-18(30)10-20(38)8-15/h4-14,38H,1-3H3,(H,32,35)(H,34,39)(H,33,36,37). The van der Waals surface area contributed by atoms with Crippen LogP contribution in [0.4, 0.5) is 10.1 Å². The zero-order valence-corrected chi connectivity index (χ0v) is 21.4. The topological polar surface area (TPSA) is 132 Å². The van der Waals surface area contributed by atoms with Crippen molar-refractivity contribution in [3.05, 3.63) is 73.1 Å². The highest BCUT2D eigenvalue weighted by Gasteiger charge is 2.21. The second-order valence-electron chi connectivity index (χ2n) is 10.4. The summed E-state index contributed by atoms with van der Waals surface area (Å²) in [4.78, 5) is 29.0. The summed E-state index contributed by atoms with van der Waals surface area (Å²) in [5.41, 5.74) is 5.46. The molecule has 0 fully saturated rings. The highest BCUT2D eigenvalue weighted by Crippen LogP contribution is 2.35. The van der Waals surface area contributed by atoms with Crippen LogP contribution in [-0.2, 0) is 4.79 Å². The molecule has 194 valence electrons. The number of halogens is 1. The number of benzene rings is 1. The van der Waals surface area contributed by atoms with Crippen LogP contribution in [0, 0.1) is 11.2 Å². The van der Waals surface area contributed by atoms with E-state index in [1.54, 1.807) is 30.9 Å². The summed E-state index contributed by atoms with van der Waals surface area (Å²) in [7, 11) is 0. The number of rotatable bonds is 4. The van der Waals surface area contributed by atoms with Gasteiger partial charge in [-0.05, 0) is 47.5 Å². The predicted molar refractivity (Wildman–Crippen MR) is 147 cm³/mol. The zero-order valence-electron chi connectivity index (χ0n) is 21.4. The summed E-state index contributed by atoms with van der Waals surface area (Å²) in [5, 5.41) is 21.8. The van der Waals surface area contributed by atoms with Crippen molar-refractivity contribution in [3.8, 4) is 39.4 Å². The minimum Gasteiger partial charge on any atom is -0.508 e. The SMILES string of the molecule is CC(C)(C)C(=O)Nc1cncc(-c2cnc3n[nH]c(-c4cc5c(-c6cc(O)cc(F)c6)ccnc5[nH]4)c3c2)c1. The Bertz CT molecular complexity index is 1860. The van der Waals surface area contributed by atoms with Gasteiger partial charge in [-0.3, -0.25) is 14.9 Å². The average Bonchev–Trinajstić information content (AvgIpc) is 3.51. The molecule has 0 spiro atoms. The first-order valence-corrected chi connectivity index (χ1v) is 12.2. The van der Waals surface area contributed by atoms with E-state index in [4.69, 9.17) is 0 Å². The number of carbonyl (C=O) groups excluding carboxylic acids is 1. The number of phenols is 1. The molecule has 1 aromatic carbocycles.